The molecule has 2 aromatic rings. The van der Waals surface area contributed by atoms with E-state index in [-0.39, 0.29) is 6.04 Å². The Morgan fingerprint density at radius 3 is 3.06 bits per heavy atom. The van der Waals surface area contributed by atoms with Crippen molar-refractivity contribution in [3.63, 3.8) is 0 Å². The van der Waals surface area contributed by atoms with Gasteiger partial charge in [0.05, 0.1) is 6.04 Å². The molecule has 0 aliphatic carbocycles. The molecule has 0 bridgehead atoms. The number of hydrogen-bond donors (Lipinski definition) is 1. The number of rotatable bonds is 1. The number of fused-ring (bicyclic) bond motifs is 1. The molecule has 5 nitrogen and oxygen atoms in total. The molecule has 0 saturated heterocycles. The Morgan fingerprint density at radius 2 is 2.24 bits per heavy atom. The first-order valence-electron chi connectivity index (χ1n) is 5.86. The van der Waals surface area contributed by atoms with Gasteiger partial charge in [0.25, 0.3) is 0 Å². The summed E-state index contributed by atoms with van der Waals surface area (Å²) < 4.78 is 2.16. The molecule has 0 unspecified atom stereocenters. The maximum atomic E-state index is 4.51. The highest BCUT2D eigenvalue weighted by Gasteiger charge is 2.22. The lowest BCUT2D eigenvalue weighted by Crippen LogP contribution is -2.32. The molecule has 0 aromatic carbocycles. The molecule has 1 N–H and O–H groups in total. The summed E-state index contributed by atoms with van der Waals surface area (Å²) in [4.78, 5) is 4.51. The van der Waals surface area contributed by atoms with Gasteiger partial charge in [-0.1, -0.05) is 6.07 Å². The molecule has 17 heavy (non-hydrogen) atoms. The summed E-state index contributed by atoms with van der Waals surface area (Å²) in [6, 6.07) is 6.23. The first-order valence-corrected chi connectivity index (χ1v) is 5.86. The highest BCUT2D eigenvalue weighted by Crippen LogP contribution is 2.21. The summed E-state index contributed by atoms with van der Waals surface area (Å²) in [5.74, 6) is 1.87. The summed E-state index contributed by atoms with van der Waals surface area (Å²) in [5.41, 5.74) is 1.90. The maximum Gasteiger partial charge on any atom is 0.182 e. The number of aryl methyl sites for hydroxylation is 1. The average molecular weight is 229 g/mol. The second kappa shape index (κ2) is 3.92. The summed E-state index contributed by atoms with van der Waals surface area (Å²) >= 11 is 0. The number of hydrogen-bond acceptors (Lipinski definition) is 4. The van der Waals surface area contributed by atoms with E-state index >= 15 is 0 Å². The molecule has 1 aliphatic rings. The van der Waals surface area contributed by atoms with E-state index in [2.05, 4.69) is 32.0 Å². The third-order valence-electron chi connectivity index (χ3n) is 3.07. The fourth-order valence-corrected chi connectivity index (χ4v) is 2.20. The predicted molar refractivity (Wildman–Crippen MR) is 64.4 cm³/mol. The van der Waals surface area contributed by atoms with Crippen molar-refractivity contribution < 1.29 is 0 Å². The van der Waals surface area contributed by atoms with Crippen LogP contribution < -0.4 is 5.32 Å². The van der Waals surface area contributed by atoms with Gasteiger partial charge < -0.3 is 9.88 Å². The van der Waals surface area contributed by atoms with Gasteiger partial charge in [-0.2, -0.15) is 0 Å². The van der Waals surface area contributed by atoms with Crippen LogP contribution in [0.2, 0.25) is 0 Å². The molecule has 0 saturated carbocycles. The monoisotopic (exact) mass is 229 g/mol. The van der Waals surface area contributed by atoms with E-state index in [1.54, 1.807) is 0 Å². The van der Waals surface area contributed by atoms with Crippen LogP contribution in [0, 0.1) is 6.92 Å². The molecule has 2 aromatic heterocycles. The fraction of sp³-hybridized carbons (Fsp3) is 0.417. The lowest BCUT2D eigenvalue weighted by Gasteiger charge is -2.21. The van der Waals surface area contributed by atoms with E-state index in [1.807, 2.05) is 25.1 Å². The number of pyridine rings is 1. The maximum absolute atomic E-state index is 4.51. The van der Waals surface area contributed by atoms with E-state index < -0.39 is 0 Å². The molecular formula is C12H15N5. The van der Waals surface area contributed by atoms with Crippen molar-refractivity contribution >= 4 is 0 Å². The van der Waals surface area contributed by atoms with Crippen LogP contribution in [0.5, 0.6) is 0 Å². The molecule has 3 rings (SSSR count). The smallest absolute Gasteiger partial charge is 0.182 e. The van der Waals surface area contributed by atoms with Crippen LogP contribution in [0.4, 0.5) is 0 Å². The van der Waals surface area contributed by atoms with Gasteiger partial charge in [0.15, 0.2) is 5.82 Å². The zero-order valence-electron chi connectivity index (χ0n) is 10.0. The van der Waals surface area contributed by atoms with E-state index in [0.717, 1.165) is 36.1 Å². The van der Waals surface area contributed by atoms with Gasteiger partial charge in [-0.3, -0.25) is 0 Å². The summed E-state index contributed by atoms with van der Waals surface area (Å²) in [6.07, 6.45) is 0. The molecule has 1 atom stereocenters. The lowest BCUT2D eigenvalue weighted by molar-refractivity contribution is 0.438. The minimum atomic E-state index is 0.259. The Kier molecular flexibility index (Phi) is 2.40. The standard InChI is InChI=1S/C12H15N5/c1-8-4-3-5-10(14-8)12-16-15-11-9(2)13-6-7-17(11)12/h3-5,9,13H,6-7H2,1-2H3/t9-/m0/s1. The van der Waals surface area contributed by atoms with Crippen molar-refractivity contribution in [3.8, 4) is 11.5 Å². The molecule has 0 amide bonds. The first-order chi connectivity index (χ1) is 8.25. The largest absolute Gasteiger partial charge is 0.307 e. The van der Waals surface area contributed by atoms with Crippen molar-refractivity contribution in [1.29, 1.82) is 0 Å². The zero-order chi connectivity index (χ0) is 11.8. The summed E-state index contributed by atoms with van der Waals surface area (Å²) in [6.45, 7) is 5.94. The van der Waals surface area contributed by atoms with E-state index in [1.165, 1.54) is 0 Å². The van der Waals surface area contributed by atoms with Crippen LogP contribution >= 0.6 is 0 Å². The molecular weight excluding hydrogens is 214 g/mol. The lowest BCUT2D eigenvalue weighted by atomic mass is 10.2. The van der Waals surface area contributed by atoms with Gasteiger partial charge in [-0.25, -0.2) is 4.98 Å². The van der Waals surface area contributed by atoms with Crippen molar-refractivity contribution in [2.75, 3.05) is 6.54 Å². The van der Waals surface area contributed by atoms with Crippen molar-refractivity contribution in [2.24, 2.45) is 0 Å². The molecule has 1 aliphatic heterocycles. The number of nitrogens with zero attached hydrogens (tertiary/aromatic N) is 4. The van der Waals surface area contributed by atoms with Crippen LogP contribution in [0.25, 0.3) is 11.5 Å². The molecule has 0 radical (unpaired) electrons. The van der Waals surface area contributed by atoms with Gasteiger partial charge in [0, 0.05) is 18.8 Å². The minimum Gasteiger partial charge on any atom is -0.307 e. The molecule has 5 heteroatoms. The van der Waals surface area contributed by atoms with Crippen molar-refractivity contribution in [1.82, 2.24) is 25.1 Å². The third kappa shape index (κ3) is 1.72. The SMILES string of the molecule is Cc1cccc(-c2nnc3n2CCN[C@H]3C)n1. The van der Waals surface area contributed by atoms with Gasteiger partial charge in [-0.15, -0.1) is 10.2 Å². The first kappa shape index (κ1) is 10.4. The molecule has 3 heterocycles. The number of aromatic nitrogens is 4. The fourth-order valence-electron chi connectivity index (χ4n) is 2.20. The zero-order valence-corrected chi connectivity index (χ0v) is 10.0. The third-order valence-corrected chi connectivity index (χ3v) is 3.07. The van der Waals surface area contributed by atoms with Crippen molar-refractivity contribution in [3.05, 3.63) is 29.7 Å². The second-order valence-corrected chi connectivity index (χ2v) is 4.37. The highest BCUT2D eigenvalue weighted by molar-refractivity contribution is 5.50. The van der Waals surface area contributed by atoms with Crippen molar-refractivity contribution in [2.45, 2.75) is 26.4 Å². The Hall–Kier alpha value is -1.75. The predicted octanol–water partition coefficient (Wildman–Crippen LogP) is 1.31. The number of nitrogens with one attached hydrogen (secondary N) is 1. The Bertz CT molecular complexity index is 546. The minimum absolute atomic E-state index is 0.259. The quantitative estimate of drug-likeness (QED) is 0.801. The topological polar surface area (TPSA) is 55.6 Å². The molecule has 0 spiro atoms. The summed E-state index contributed by atoms with van der Waals surface area (Å²) in [7, 11) is 0. The Labute approximate surface area is 99.9 Å². The van der Waals surface area contributed by atoms with Gasteiger partial charge >= 0.3 is 0 Å². The van der Waals surface area contributed by atoms with Crippen LogP contribution in [0.15, 0.2) is 18.2 Å². The van der Waals surface area contributed by atoms with Crippen LogP contribution in [0.1, 0.15) is 24.5 Å². The molecule has 88 valence electrons. The van der Waals surface area contributed by atoms with Crippen LogP contribution in [0.3, 0.4) is 0 Å². The van der Waals surface area contributed by atoms with Gasteiger partial charge in [-0.05, 0) is 26.0 Å². The second-order valence-electron chi connectivity index (χ2n) is 4.37. The average Bonchev–Trinajstić information content (AvgIpc) is 2.74. The van der Waals surface area contributed by atoms with Crippen LogP contribution in [-0.2, 0) is 6.54 Å². The van der Waals surface area contributed by atoms with Gasteiger partial charge in [0.2, 0.25) is 0 Å². The van der Waals surface area contributed by atoms with Gasteiger partial charge in [0.1, 0.15) is 11.5 Å². The highest BCUT2D eigenvalue weighted by atomic mass is 15.3. The Balaban J connectivity index is 2.10. The Morgan fingerprint density at radius 1 is 1.35 bits per heavy atom. The van der Waals surface area contributed by atoms with E-state index in [4.69, 9.17) is 0 Å². The van der Waals surface area contributed by atoms with E-state index in [0.29, 0.717) is 0 Å². The van der Waals surface area contributed by atoms with Crippen LogP contribution in [-0.4, -0.2) is 26.3 Å². The van der Waals surface area contributed by atoms with E-state index in [9.17, 15) is 0 Å². The summed E-state index contributed by atoms with van der Waals surface area (Å²) in [5, 5.41) is 11.9. The molecule has 0 fully saturated rings. The normalized spacial score (nSPS) is 19.1.